The lowest BCUT2D eigenvalue weighted by atomic mass is 10.1. The van der Waals surface area contributed by atoms with Crippen LogP contribution in [0.25, 0.3) is 10.8 Å². The topological polar surface area (TPSA) is 9.23 Å². The highest BCUT2D eigenvalue weighted by atomic mass is 19.2. The Hall–Kier alpha value is -3.99. The summed E-state index contributed by atoms with van der Waals surface area (Å²) in [5.74, 6) is 9.42. The fraction of sp³-hybridized carbons (Fsp3) is 0.133. The molecule has 0 aliphatic carbocycles. The highest BCUT2D eigenvalue weighted by molar-refractivity contribution is 5.84. The smallest absolute Gasteiger partial charge is 0.159 e. The standard InChI is InChI=1S/C30H21F3O/c1-34-16-2-3-21-4-6-22(7-5-21)8-9-24-11-14-25(28(31)18-24)13-10-23-12-15-26-19-29(32)30(33)20-27(26)17-23/h4-7,11-12,14-15,17-20H,2-3,16H2,1H3. The lowest BCUT2D eigenvalue weighted by Crippen LogP contribution is -1.92. The molecular formula is C30H21F3O. The molecule has 168 valence electrons. The molecule has 0 aliphatic rings. The fourth-order valence-corrected chi connectivity index (χ4v) is 3.47. The maximum atomic E-state index is 14.6. The molecule has 4 aromatic rings. The van der Waals surface area contributed by atoms with Crippen LogP contribution < -0.4 is 0 Å². The van der Waals surface area contributed by atoms with Gasteiger partial charge in [0.05, 0.1) is 5.56 Å². The number of hydrogen-bond acceptors (Lipinski definition) is 1. The van der Waals surface area contributed by atoms with Crippen LogP contribution in [0.3, 0.4) is 0 Å². The summed E-state index contributed by atoms with van der Waals surface area (Å²) in [5, 5.41) is 1.10. The van der Waals surface area contributed by atoms with Crippen molar-refractivity contribution in [2.45, 2.75) is 12.8 Å². The van der Waals surface area contributed by atoms with Crippen molar-refractivity contribution < 1.29 is 17.9 Å². The van der Waals surface area contributed by atoms with Crippen molar-refractivity contribution in [3.05, 3.63) is 118 Å². The van der Waals surface area contributed by atoms with Gasteiger partial charge in [-0.15, -0.1) is 0 Å². The number of rotatable bonds is 4. The molecule has 0 heterocycles. The summed E-state index contributed by atoms with van der Waals surface area (Å²) < 4.78 is 46.5. The number of ether oxygens (including phenoxy) is 1. The molecule has 0 saturated heterocycles. The van der Waals surface area contributed by atoms with Gasteiger partial charge in [-0.3, -0.25) is 0 Å². The summed E-state index contributed by atoms with van der Waals surface area (Å²) in [4.78, 5) is 0. The zero-order valence-electron chi connectivity index (χ0n) is 18.6. The van der Waals surface area contributed by atoms with E-state index >= 15 is 0 Å². The highest BCUT2D eigenvalue weighted by Crippen LogP contribution is 2.20. The van der Waals surface area contributed by atoms with E-state index in [4.69, 9.17) is 4.74 Å². The molecule has 4 rings (SSSR count). The van der Waals surface area contributed by atoms with E-state index in [1.54, 1.807) is 37.4 Å². The maximum Gasteiger partial charge on any atom is 0.159 e. The van der Waals surface area contributed by atoms with Crippen molar-refractivity contribution in [3.8, 4) is 23.7 Å². The zero-order valence-corrected chi connectivity index (χ0v) is 18.6. The number of benzene rings is 4. The Balaban J connectivity index is 1.47. The first-order valence-electron chi connectivity index (χ1n) is 10.8. The van der Waals surface area contributed by atoms with E-state index < -0.39 is 17.5 Å². The van der Waals surface area contributed by atoms with Crippen LogP contribution in [0.15, 0.2) is 72.8 Å². The van der Waals surface area contributed by atoms with E-state index in [1.807, 2.05) is 24.3 Å². The van der Waals surface area contributed by atoms with Gasteiger partial charge < -0.3 is 4.74 Å². The molecule has 0 radical (unpaired) electrons. The number of aryl methyl sites for hydroxylation is 1. The molecule has 0 bridgehead atoms. The van der Waals surface area contributed by atoms with Crippen molar-refractivity contribution in [2.75, 3.05) is 13.7 Å². The quantitative estimate of drug-likeness (QED) is 0.248. The summed E-state index contributed by atoms with van der Waals surface area (Å²) >= 11 is 0. The Kier molecular flexibility index (Phi) is 7.33. The van der Waals surface area contributed by atoms with E-state index in [2.05, 4.69) is 23.7 Å². The van der Waals surface area contributed by atoms with Crippen molar-refractivity contribution in [1.82, 2.24) is 0 Å². The van der Waals surface area contributed by atoms with Crippen LogP contribution in [0.1, 0.15) is 34.2 Å². The second-order valence-electron chi connectivity index (χ2n) is 7.82. The molecule has 0 aromatic heterocycles. The molecule has 0 amide bonds. The third-order valence-electron chi connectivity index (χ3n) is 5.31. The van der Waals surface area contributed by atoms with Gasteiger partial charge in [-0.25, -0.2) is 13.2 Å². The first-order valence-corrected chi connectivity index (χ1v) is 10.8. The van der Waals surface area contributed by atoms with Crippen LogP contribution >= 0.6 is 0 Å². The molecule has 34 heavy (non-hydrogen) atoms. The minimum atomic E-state index is -0.918. The van der Waals surface area contributed by atoms with Gasteiger partial charge in [0.15, 0.2) is 11.6 Å². The predicted molar refractivity (Wildman–Crippen MR) is 129 cm³/mol. The van der Waals surface area contributed by atoms with Gasteiger partial charge >= 0.3 is 0 Å². The second-order valence-corrected chi connectivity index (χ2v) is 7.82. The molecule has 1 nitrogen and oxygen atoms in total. The first kappa shape index (κ1) is 23.2. The van der Waals surface area contributed by atoms with Gasteiger partial charge in [-0.05, 0) is 83.8 Å². The van der Waals surface area contributed by atoms with Crippen LogP contribution in [0.4, 0.5) is 13.2 Å². The molecule has 4 heteroatoms. The predicted octanol–water partition coefficient (Wildman–Crippen LogP) is 6.64. The van der Waals surface area contributed by atoms with E-state index in [9.17, 15) is 13.2 Å². The minimum Gasteiger partial charge on any atom is -0.385 e. The molecule has 0 fully saturated rings. The molecule has 4 aromatic carbocycles. The van der Waals surface area contributed by atoms with Gasteiger partial charge in [-0.1, -0.05) is 41.9 Å². The largest absolute Gasteiger partial charge is 0.385 e. The summed E-state index contributed by atoms with van der Waals surface area (Å²) in [6, 6.07) is 19.9. The molecular weight excluding hydrogens is 433 g/mol. The Morgan fingerprint density at radius 2 is 1.24 bits per heavy atom. The summed E-state index contributed by atoms with van der Waals surface area (Å²) in [6.07, 6.45) is 1.92. The van der Waals surface area contributed by atoms with Crippen molar-refractivity contribution in [1.29, 1.82) is 0 Å². The van der Waals surface area contributed by atoms with Crippen LogP contribution in [0.2, 0.25) is 0 Å². The summed E-state index contributed by atoms with van der Waals surface area (Å²) in [7, 11) is 1.69. The fourth-order valence-electron chi connectivity index (χ4n) is 3.47. The SMILES string of the molecule is COCCCc1ccc(C#Cc2ccc(C#Cc3ccc4cc(F)c(F)cc4c3)c(F)c2)cc1. The third kappa shape index (κ3) is 5.87. The molecule has 0 N–H and O–H groups in total. The van der Waals surface area contributed by atoms with Crippen LogP contribution in [0.5, 0.6) is 0 Å². The molecule has 0 unspecified atom stereocenters. The number of halogens is 3. The lowest BCUT2D eigenvalue weighted by molar-refractivity contribution is 0.195. The lowest BCUT2D eigenvalue weighted by Gasteiger charge is -2.01. The molecule has 0 saturated carbocycles. The van der Waals surface area contributed by atoms with Gasteiger partial charge in [0, 0.05) is 30.4 Å². The Morgan fingerprint density at radius 3 is 1.97 bits per heavy atom. The summed E-state index contributed by atoms with van der Waals surface area (Å²) in [5.41, 5.74) is 3.44. The zero-order chi connectivity index (χ0) is 23.9. The van der Waals surface area contributed by atoms with Crippen LogP contribution in [0, 0.1) is 41.1 Å². The van der Waals surface area contributed by atoms with Crippen molar-refractivity contribution >= 4 is 10.8 Å². The first-order chi connectivity index (χ1) is 16.5. The van der Waals surface area contributed by atoms with E-state index in [0.717, 1.165) is 37.1 Å². The van der Waals surface area contributed by atoms with Crippen LogP contribution in [-0.4, -0.2) is 13.7 Å². The van der Waals surface area contributed by atoms with E-state index in [-0.39, 0.29) is 5.56 Å². The summed E-state index contributed by atoms with van der Waals surface area (Å²) in [6.45, 7) is 0.733. The Morgan fingerprint density at radius 1 is 0.618 bits per heavy atom. The maximum absolute atomic E-state index is 14.6. The van der Waals surface area contributed by atoms with Crippen molar-refractivity contribution in [3.63, 3.8) is 0 Å². The molecule has 0 atom stereocenters. The average Bonchev–Trinajstić information content (AvgIpc) is 2.84. The van der Waals surface area contributed by atoms with Crippen molar-refractivity contribution in [2.24, 2.45) is 0 Å². The van der Waals surface area contributed by atoms with Gasteiger partial charge in [-0.2, -0.15) is 0 Å². The Labute approximate surface area is 197 Å². The number of fused-ring (bicyclic) bond motifs is 1. The highest BCUT2D eigenvalue weighted by Gasteiger charge is 2.04. The average molecular weight is 454 g/mol. The number of methoxy groups -OCH3 is 1. The number of hydrogen-bond donors (Lipinski definition) is 0. The third-order valence-corrected chi connectivity index (χ3v) is 5.31. The monoisotopic (exact) mass is 454 g/mol. The normalized spacial score (nSPS) is 10.4. The van der Waals surface area contributed by atoms with E-state index in [1.165, 1.54) is 11.6 Å². The molecule has 0 spiro atoms. The van der Waals surface area contributed by atoms with Gasteiger partial charge in [0.2, 0.25) is 0 Å². The van der Waals surface area contributed by atoms with Crippen LogP contribution in [-0.2, 0) is 11.2 Å². The second kappa shape index (κ2) is 10.8. The van der Waals surface area contributed by atoms with Gasteiger partial charge in [0.25, 0.3) is 0 Å². The van der Waals surface area contributed by atoms with Gasteiger partial charge in [0.1, 0.15) is 5.82 Å². The minimum absolute atomic E-state index is 0.233. The molecule has 0 aliphatic heterocycles. The Bertz CT molecular complexity index is 1450. The van der Waals surface area contributed by atoms with E-state index in [0.29, 0.717) is 21.9 Å².